The second-order valence-electron chi connectivity index (χ2n) is 4.99. The monoisotopic (exact) mass is 249 g/mol. The van der Waals surface area contributed by atoms with Crippen LogP contribution >= 0.6 is 0 Å². The molecular formula is C13H19N3O2. The van der Waals surface area contributed by atoms with Gasteiger partial charge in [-0.05, 0) is 31.4 Å². The lowest BCUT2D eigenvalue weighted by atomic mass is 9.87. The standard InChI is InChI=1S/C13H19N3O2/c1-10-2-3-11(15-8-10)13(18)4-6-16(7-5-13)9-12(14)17/h2-3,8,18H,4-7,9H2,1H3,(H2,14,17). The molecule has 1 saturated heterocycles. The third-order valence-electron chi connectivity index (χ3n) is 3.45. The summed E-state index contributed by atoms with van der Waals surface area (Å²) in [6.45, 7) is 3.55. The topological polar surface area (TPSA) is 79.5 Å². The van der Waals surface area contributed by atoms with Crippen LogP contribution in [0.2, 0.25) is 0 Å². The zero-order valence-corrected chi connectivity index (χ0v) is 10.6. The van der Waals surface area contributed by atoms with Gasteiger partial charge in [-0.15, -0.1) is 0 Å². The molecule has 5 nitrogen and oxygen atoms in total. The van der Waals surface area contributed by atoms with E-state index in [1.807, 2.05) is 24.0 Å². The molecule has 3 N–H and O–H groups in total. The van der Waals surface area contributed by atoms with Crippen molar-refractivity contribution in [2.24, 2.45) is 5.73 Å². The van der Waals surface area contributed by atoms with Crippen LogP contribution in [0.4, 0.5) is 0 Å². The Morgan fingerprint density at radius 1 is 1.50 bits per heavy atom. The predicted octanol–water partition coefficient (Wildman–Crippen LogP) is 0.159. The number of pyridine rings is 1. The molecule has 2 heterocycles. The van der Waals surface area contributed by atoms with Crippen molar-refractivity contribution in [1.29, 1.82) is 0 Å². The van der Waals surface area contributed by atoms with Crippen molar-refractivity contribution in [2.75, 3.05) is 19.6 Å². The molecule has 2 rings (SSSR count). The molecule has 1 aliphatic rings. The number of amides is 1. The fourth-order valence-corrected chi connectivity index (χ4v) is 2.30. The van der Waals surface area contributed by atoms with E-state index in [9.17, 15) is 9.90 Å². The molecule has 1 fully saturated rings. The Bertz CT molecular complexity index is 422. The molecule has 0 aromatic carbocycles. The summed E-state index contributed by atoms with van der Waals surface area (Å²) in [6.07, 6.45) is 2.93. The van der Waals surface area contributed by atoms with Crippen molar-refractivity contribution in [1.82, 2.24) is 9.88 Å². The fourth-order valence-electron chi connectivity index (χ4n) is 2.30. The first-order valence-corrected chi connectivity index (χ1v) is 6.16. The van der Waals surface area contributed by atoms with Gasteiger partial charge in [0, 0.05) is 19.3 Å². The number of hydrogen-bond donors (Lipinski definition) is 2. The molecule has 0 spiro atoms. The first-order valence-electron chi connectivity index (χ1n) is 6.16. The van der Waals surface area contributed by atoms with Gasteiger partial charge in [-0.2, -0.15) is 0 Å². The smallest absolute Gasteiger partial charge is 0.231 e. The average Bonchev–Trinajstić information content (AvgIpc) is 2.32. The van der Waals surface area contributed by atoms with Crippen molar-refractivity contribution in [3.05, 3.63) is 29.6 Å². The van der Waals surface area contributed by atoms with E-state index in [0.717, 1.165) is 5.56 Å². The van der Waals surface area contributed by atoms with Gasteiger partial charge in [0.1, 0.15) is 5.60 Å². The van der Waals surface area contributed by atoms with Crippen molar-refractivity contribution in [3.8, 4) is 0 Å². The summed E-state index contributed by atoms with van der Waals surface area (Å²) < 4.78 is 0. The zero-order chi connectivity index (χ0) is 13.2. The van der Waals surface area contributed by atoms with E-state index in [-0.39, 0.29) is 12.5 Å². The normalized spacial score (nSPS) is 19.7. The maximum atomic E-state index is 10.8. The number of carbonyl (C=O) groups is 1. The van der Waals surface area contributed by atoms with Crippen molar-refractivity contribution < 1.29 is 9.90 Å². The number of hydrogen-bond acceptors (Lipinski definition) is 4. The molecule has 1 aromatic rings. The van der Waals surface area contributed by atoms with E-state index in [4.69, 9.17) is 5.73 Å². The Morgan fingerprint density at radius 2 is 2.17 bits per heavy atom. The summed E-state index contributed by atoms with van der Waals surface area (Å²) >= 11 is 0. The lowest BCUT2D eigenvalue weighted by Gasteiger charge is -2.37. The number of aliphatic hydroxyl groups is 1. The molecule has 1 amide bonds. The largest absolute Gasteiger partial charge is 0.383 e. The van der Waals surface area contributed by atoms with E-state index in [1.54, 1.807) is 6.20 Å². The van der Waals surface area contributed by atoms with Crippen LogP contribution in [0.25, 0.3) is 0 Å². The minimum Gasteiger partial charge on any atom is -0.383 e. The molecule has 0 bridgehead atoms. The SMILES string of the molecule is Cc1ccc(C2(O)CCN(CC(N)=O)CC2)nc1. The molecule has 18 heavy (non-hydrogen) atoms. The van der Waals surface area contributed by atoms with E-state index in [0.29, 0.717) is 31.6 Å². The Labute approximate surface area is 107 Å². The number of aromatic nitrogens is 1. The van der Waals surface area contributed by atoms with Crippen molar-refractivity contribution in [3.63, 3.8) is 0 Å². The quantitative estimate of drug-likeness (QED) is 0.799. The van der Waals surface area contributed by atoms with Crippen LogP contribution in [-0.2, 0) is 10.4 Å². The molecule has 0 aliphatic carbocycles. The first kappa shape index (κ1) is 13.0. The lowest BCUT2D eigenvalue weighted by Crippen LogP contribution is -2.45. The van der Waals surface area contributed by atoms with Gasteiger partial charge in [0.05, 0.1) is 12.2 Å². The van der Waals surface area contributed by atoms with Crippen LogP contribution in [0.3, 0.4) is 0 Å². The van der Waals surface area contributed by atoms with Crippen LogP contribution in [0, 0.1) is 6.92 Å². The van der Waals surface area contributed by atoms with E-state index in [2.05, 4.69) is 4.98 Å². The molecule has 0 atom stereocenters. The second-order valence-corrected chi connectivity index (χ2v) is 4.99. The maximum Gasteiger partial charge on any atom is 0.231 e. The minimum absolute atomic E-state index is 0.261. The highest BCUT2D eigenvalue weighted by molar-refractivity contribution is 5.75. The summed E-state index contributed by atoms with van der Waals surface area (Å²) in [7, 11) is 0. The number of piperidine rings is 1. The number of likely N-dealkylation sites (tertiary alicyclic amines) is 1. The van der Waals surface area contributed by atoms with Crippen LogP contribution in [-0.4, -0.2) is 40.5 Å². The van der Waals surface area contributed by atoms with Gasteiger partial charge in [0.15, 0.2) is 0 Å². The molecule has 0 saturated carbocycles. The maximum absolute atomic E-state index is 10.8. The van der Waals surface area contributed by atoms with Crippen LogP contribution in [0.1, 0.15) is 24.1 Å². The number of primary amides is 1. The Morgan fingerprint density at radius 3 is 2.67 bits per heavy atom. The summed E-state index contributed by atoms with van der Waals surface area (Å²) in [5.74, 6) is -0.325. The number of aryl methyl sites for hydroxylation is 1. The molecule has 98 valence electrons. The lowest BCUT2D eigenvalue weighted by molar-refractivity contribution is -0.120. The Kier molecular flexibility index (Phi) is 3.63. The zero-order valence-electron chi connectivity index (χ0n) is 10.6. The highest BCUT2D eigenvalue weighted by Crippen LogP contribution is 2.31. The molecule has 0 unspecified atom stereocenters. The summed E-state index contributed by atoms with van der Waals surface area (Å²) in [5.41, 5.74) is 6.08. The Balaban J connectivity index is 2.02. The number of nitrogens with two attached hydrogens (primary N) is 1. The summed E-state index contributed by atoms with van der Waals surface area (Å²) in [5, 5.41) is 10.6. The van der Waals surface area contributed by atoms with Crippen LogP contribution < -0.4 is 5.73 Å². The molecule has 5 heteroatoms. The second kappa shape index (κ2) is 5.04. The molecule has 1 aromatic heterocycles. The molecule has 1 aliphatic heterocycles. The van der Waals surface area contributed by atoms with E-state index < -0.39 is 5.60 Å². The van der Waals surface area contributed by atoms with Crippen LogP contribution in [0.5, 0.6) is 0 Å². The van der Waals surface area contributed by atoms with E-state index >= 15 is 0 Å². The van der Waals surface area contributed by atoms with Gasteiger partial charge in [0.2, 0.25) is 5.91 Å². The highest BCUT2D eigenvalue weighted by atomic mass is 16.3. The number of carbonyl (C=O) groups excluding carboxylic acids is 1. The number of nitrogens with zero attached hydrogens (tertiary/aromatic N) is 2. The summed E-state index contributed by atoms with van der Waals surface area (Å²) in [6, 6.07) is 3.83. The Hall–Kier alpha value is -1.46. The van der Waals surface area contributed by atoms with Gasteiger partial charge in [-0.25, -0.2) is 0 Å². The first-order chi connectivity index (χ1) is 8.49. The molecule has 0 radical (unpaired) electrons. The fraction of sp³-hybridized carbons (Fsp3) is 0.538. The average molecular weight is 249 g/mol. The third kappa shape index (κ3) is 2.86. The summed E-state index contributed by atoms with van der Waals surface area (Å²) in [4.78, 5) is 17.1. The third-order valence-corrected chi connectivity index (χ3v) is 3.45. The van der Waals surface area contributed by atoms with Crippen LogP contribution in [0.15, 0.2) is 18.3 Å². The van der Waals surface area contributed by atoms with Gasteiger partial charge < -0.3 is 10.8 Å². The van der Waals surface area contributed by atoms with Gasteiger partial charge in [0.25, 0.3) is 0 Å². The van der Waals surface area contributed by atoms with Gasteiger partial charge in [-0.1, -0.05) is 6.07 Å². The van der Waals surface area contributed by atoms with Gasteiger partial charge >= 0.3 is 0 Å². The van der Waals surface area contributed by atoms with Gasteiger partial charge in [-0.3, -0.25) is 14.7 Å². The predicted molar refractivity (Wildman–Crippen MR) is 67.7 cm³/mol. The van der Waals surface area contributed by atoms with Crippen molar-refractivity contribution in [2.45, 2.75) is 25.4 Å². The molecular weight excluding hydrogens is 230 g/mol. The van der Waals surface area contributed by atoms with E-state index in [1.165, 1.54) is 0 Å². The highest BCUT2D eigenvalue weighted by Gasteiger charge is 2.35. The van der Waals surface area contributed by atoms with Crippen molar-refractivity contribution >= 4 is 5.91 Å². The number of rotatable bonds is 3. The minimum atomic E-state index is -0.873.